The maximum absolute atomic E-state index is 11.6. The molecule has 4 heteroatoms. The smallest absolute Gasteiger partial charge is 0.217 e. The van der Waals surface area contributed by atoms with Crippen LogP contribution in [0.25, 0.3) is 0 Å². The fourth-order valence-electron chi connectivity index (χ4n) is 4.81. The first-order valence-electron chi connectivity index (χ1n) is 10.3. The standard InChI is InChI=1S/C23H33NO3/c1-4-13-23(14-7-8-19(16-23)24-17(2)25)18-11-12-21(26-3)22(15-18)27-20-9-5-6-10-20/h4,11-13,15,19-20H,5-10,14,16H2,1-3H3,(H,24,25)/b13-4+. The van der Waals surface area contributed by atoms with Crippen molar-refractivity contribution in [1.29, 1.82) is 0 Å². The Morgan fingerprint density at radius 1 is 1.19 bits per heavy atom. The zero-order valence-electron chi connectivity index (χ0n) is 16.9. The Balaban J connectivity index is 1.91. The van der Waals surface area contributed by atoms with Crippen molar-refractivity contribution in [3.8, 4) is 11.5 Å². The molecule has 0 heterocycles. The molecule has 2 aliphatic carbocycles. The van der Waals surface area contributed by atoms with E-state index in [2.05, 4.69) is 36.5 Å². The maximum Gasteiger partial charge on any atom is 0.217 e. The summed E-state index contributed by atoms with van der Waals surface area (Å²) in [5.74, 6) is 1.71. The highest BCUT2D eigenvalue weighted by molar-refractivity contribution is 5.73. The van der Waals surface area contributed by atoms with Crippen LogP contribution < -0.4 is 14.8 Å². The highest BCUT2D eigenvalue weighted by atomic mass is 16.5. The zero-order valence-corrected chi connectivity index (χ0v) is 16.9. The third-order valence-corrected chi connectivity index (χ3v) is 6.01. The van der Waals surface area contributed by atoms with Crippen molar-refractivity contribution in [2.75, 3.05) is 7.11 Å². The van der Waals surface area contributed by atoms with Gasteiger partial charge in [0.2, 0.25) is 5.91 Å². The summed E-state index contributed by atoms with van der Waals surface area (Å²) in [5, 5.41) is 3.13. The summed E-state index contributed by atoms with van der Waals surface area (Å²) in [6.45, 7) is 3.68. The molecule has 1 aromatic carbocycles. The lowest BCUT2D eigenvalue weighted by Gasteiger charge is -2.40. The van der Waals surface area contributed by atoms with Gasteiger partial charge in [0.15, 0.2) is 11.5 Å². The van der Waals surface area contributed by atoms with Crippen molar-refractivity contribution in [3.05, 3.63) is 35.9 Å². The number of ether oxygens (including phenoxy) is 2. The lowest BCUT2D eigenvalue weighted by molar-refractivity contribution is -0.119. The van der Waals surface area contributed by atoms with Gasteiger partial charge in [-0.25, -0.2) is 0 Å². The summed E-state index contributed by atoms with van der Waals surface area (Å²) in [6, 6.07) is 6.59. The Morgan fingerprint density at radius 3 is 2.63 bits per heavy atom. The fraction of sp³-hybridized carbons (Fsp3) is 0.609. The first-order chi connectivity index (χ1) is 13.1. The Morgan fingerprint density at radius 2 is 1.96 bits per heavy atom. The van der Waals surface area contributed by atoms with Gasteiger partial charge in [-0.1, -0.05) is 24.6 Å². The van der Waals surface area contributed by atoms with Gasteiger partial charge in [-0.2, -0.15) is 0 Å². The van der Waals surface area contributed by atoms with Gasteiger partial charge in [-0.15, -0.1) is 0 Å². The van der Waals surface area contributed by atoms with Crippen LogP contribution >= 0.6 is 0 Å². The molecule has 2 aliphatic rings. The monoisotopic (exact) mass is 371 g/mol. The third kappa shape index (κ3) is 4.66. The van der Waals surface area contributed by atoms with Gasteiger partial charge in [0.05, 0.1) is 13.2 Å². The Kier molecular flexibility index (Phi) is 6.46. The summed E-state index contributed by atoms with van der Waals surface area (Å²) in [7, 11) is 1.70. The average Bonchev–Trinajstić information content (AvgIpc) is 3.15. The van der Waals surface area contributed by atoms with Crippen LogP contribution in [0, 0.1) is 0 Å². The summed E-state index contributed by atoms with van der Waals surface area (Å²) in [5.41, 5.74) is 1.18. The van der Waals surface area contributed by atoms with Crippen molar-refractivity contribution in [2.45, 2.75) is 82.8 Å². The van der Waals surface area contributed by atoms with Crippen molar-refractivity contribution < 1.29 is 14.3 Å². The SMILES string of the molecule is C/C=C/C1(c2ccc(OC)c(OC3CCCC3)c2)CCCC(NC(C)=O)C1. The Labute approximate surface area is 163 Å². The molecule has 1 aromatic rings. The molecule has 0 aromatic heterocycles. The van der Waals surface area contributed by atoms with Gasteiger partial charge >= 0.3 is 0 Å². The lowest BCUT2D eigenvalue weighted by atomic mass is 9.67. The van der Waals surface area contributed by atoms with E-state index in [1.807, 2.05) is 6.07 Å². The number of hydrogen-bond acceptors (Lipinski definition) is 3. The molecule has 27 heavy (non-hydrogen) atoms. The fourth-order valence-corrected chi connectivity index (χ4v) is 4.81. The molecule has 2 fully saturated rings. The molecule has 4 nitrogen and oxygen atoms in total. The largest absolute Gasteiger partial charge is 0.493 e. The predicted octanol–water partition coefficient (Wildman–Crippen LogP) is 4.91. The van der Waals surface area contributed by atoms with E-state index in [-0.39, 0.29) is 17.4 Å². The van der Waals surface area contributed by atoms with Crippen LogP contribution in [0.5, 0.6) is 11.5 Å². The molecule has 148 valence electrons. The second-order valence-corrected chi connectivity index (χ2v) is 8.04. The van der Waals surface area contributed by atoms with Crippen LogP contribution in [-0.2, 0) is 10.2 Å². The molecule has 0 saturated heterocycles. The molecule has 0 aliphatic heterocycles. The second kappa shape index (κ2) is 8.81. The minimum Gasteiger partial charge on any atom is -0.493 e. The van der Waals surface area contributed by atoms with Gasteiger partial charge < -0.3 is 14.8 Å². The van der Waals surface area contributed by atoms with E-state index in [0.29, 0.717) is 6.10 Å². The quantitative estimate of drug-likeness (QED) is 0.723. The van der Waals surface area contributed by atoms with Crippen LogP contribution in [-0.4, -0.2) is 25.2 Å². The van der Waals surface area contributed by atoms with Gasteiger partial charge in [-0.05, 0) is 69.6 Å². The van der Waals surface area contributed by atoms with Crippen molar-refractivity contribution in [2.24, 2.45) is 0 Å². The minimum atomic E-state index is -0.0693. The molecule has 2 atom stereocenters. The molecule has 2 saturated carbocycles. The molecule has 1 amide bonds. The number of carbonyl (C=O) groups is 1. The minimum absolute atomic E-state index is 0.0521. The second-order valence-electron chi connectivity index (χ2n) is 8.04. The van der Waals surface area contributed by atoms with E-state index < -0.39 is 0 Å². The third-order valence-electron chi connectivity index (χ3n) is 6.01. The molecule has 3 rings (SSSR count). The van der Waals surface area contributed by atoms with Crippen LogP contribution in [0.3, 0.4) is 0 Å². The van der Waals surface area contributed by atoms with E-state index in [0.717, 1.165) is 50.0 Å². The van der Waals surface area contributed by atoms with Crippen LogP contribution in [0.15, 0.2) is 30.4 Å². The zero-order chi connectivity index (χ0) is 19.3. The van der Waals surface area contributed by atoms with Crippen LogP contribution in [0.1, 0.15) is 70.8 Å². The first-order valence-corrected chi connectivity index (χ1v) is 10.3. The first kappa shape index (κ1) is 19.8. The number of methoxy groups -OCH3 is 1. The topological polar surface area (TPSA) is 47.6 Å². The van der Waals surface area contributed by atoms with Gasteiger partial charge in [0.1, 0.15) is 0 Å². The van der Waals surface area contributed by atoms with Crippen molar-refractivity contribution in [1.82, 2.24) is 5.32 Å². The number of rotatable bonds is 6. The summed E-state index contributed by atoms with van der Waals surface area (Å²) >= 11 is 0. The maximum atomic E-state index is 11.6. The van der Waals surface area contributed by atoms with E-state index >= 15 is 0 Å². The van der Waals surface area contributed by atoms with E-state index in [1.165, 1.54) is 18.4 Å². The van der Waals surface area contributed by atoms with Crippen molar-refractivity contribution >= 4 is 5.91 Å². The van der Waals surface area contributed by atoms with E-state index in [4.69, 9.17) is 9.47 Å². The molecule has 0 radical (unpaired) electrons. The summed E-state index contributed by atoms with van der Waals surface area (Å²) < 4.78 is 11.9. The molecule has 0 spiro atoms. The Hall–Kier alpha value is -1.97. The number of nitrogens with one attached hydrogen (secondary N) is 1. The average molecular weight is 372 g/mol. The predicted molar refractivity (Wildman–Crippen MR) is 108 cm³/mol. The van der Waals surface area contributed by atoms with Crippen molar-refractivity contribution in [3.63, 3.8) is 0 Å². The number of allylic oxidation sites excluding steroid dienone is 2. The van der Waals surface area contributed by atoms with Gasteiger partial charge in [0, 0.05) is 18.4 Å². The molecule has 1 N–H and O–H groups in total. The Bertz CT molecular complexity index is 678. The highest BCUT2D eigenvalue weighted by Crippen LogP contribution is 2.44. The van der Waals surface area contributed by atoms with Crippen LogP contribution in [0.2, 0.25) is 0 Å². The lowest BCUT2D eigenvalue weighted by Crippen LogP contribution is -2.42. The number of hydrogen-bond donors (Lipinski definition) is 1. The molecular formula is C23H33NO3. The number of carbonyl (C=O) groups excluding carboxylic acids is 1. The molecule has 2 unspecified atom stereocenters. The van der Waals surface area contributed by atoms with Gasteiger partial charge in [-0.3, -0.25) is 4.79 Å². The number of benzene rings is 1. The number of amides is 1. The van der Waals surface area contributed by atoms with E-state index in [1.54, 1.807) is 14.0 Å². The normalized spacial score (nSPS) is 26.3. The highest BCUT2D eigenvalue weighted by Gasteiger charge is 2.36. The molecular weight excluding hydrogens is 338 g/mol. The molecule has 0 bridgehead atoms. The summed E-state index contributed by atoms with van der Waals surface area (Å²) in [6.07, 6.45) is 13.6. The van der Waals surface area contributed by atoms with E-state index in [9.17, 15) is 4.79 Å². The summed E-state index contributed by atoms with van der Waals surface area (Å²) in [4.78, 5) is 11.6. The van der Waals surface area contributed by atoms with Crippen LogP contribution in [0.4, 0.5) is 0 Å². The van der Waals surface area contributed by atoms with Gasteiger partial charge in [0.25, 0.3) is 0 Å².